The van der Waals surface area contributed by atoms with Crippen LogP contribution < -0.4 is 0 Å². The van der Waals surface area contributed by atoms with E-state index in [1.54, 1.807) is 7.11 Å². The quantitative estimate of drug-likeness (QED) is 0.499. The topological polar surface area (TPSA) is 35.5 Å². The second-order valence-corrected chi connectivity index (χ2v) is 4.23. The molecule has 0 bridgehead atoms. The van der Waals surface area contributed by atoms with Crippen molar-refractivity contribution in [2.24, 2.45) is 0 Å². The van der Waals surface area contributed by atoms with E-state index in [1.807, 2.05) is 18.2 Å². The van der Waals surface area contributed by atoms with Gasteiger partial charge < -0.3 is 9.47 Å². The number of aryl methyl sites for hydroxylation is 1. The number of rotatable bonds is 9. The molecule has 0 fully saturated rings. The summed E-state index contributed by atoms with van der Waals surface area (Å²) in [6, 6.07) is 7.87. The van der Waals surface area contributed by atoms with Crippen molar-refractivity contribution in [3.05, 3.63) is 35.4 Å². The maximum atomic E-state index is 11.9. The molecule has 0 N–H and O–H groups in total. The molecule has 0 aliphatic carbocycles. The Morgan fingerprint density at radius 2 is 2.06 bits per heavy atom. The van der Waals surface area contributed by atoms with Gasteiger partial charge in [-0.25, -0.2) is 0 Å². The number of Topliss-reactive ketones (excluding diaryl/α,β-unsaturated/α-hetero) is 1. The molecule has 0 heterocycles. The first-order valence-corrected chi connectivity index (χ1v) is 6.46. The maximum Gasteiger partial charge on any atom is 0.165 e. The number of carbonyl (C=O) groups excluding carboxylic acids is 1. The molecule has 0 aliphatic heterocycles. The lowest BCUT2D eigenvalue weighted by atomic mass is 10.0. The summed E-state index contributed by atoms with van der Waals surface area (Å²) < 4.78 is 10.2. The van der Waals surface area contributed by atoms with Gasteiger partial charge in [0.15, 0.2) is 5.78 Å². The van der Waals surface area contributed by atoms with Crippen molar-refractivity contribution in [1.29, 1.82) is 0 Å². The normalized spacial score (nSPS) is 10.6. The third kappa shape index (κ3) is 5.43. The Labute approximate surface area is 109 Å². The molecule has 0 saturated heterocycles. The molecule has 0 unspecified atom stereocenters. The van der Waals surface area contributed by atoms with Crippen LogP contribution in [0, 0.1) is 0 Å². The number of ketones is 1. The lowest BCUT2D eigenvalue weighted by Crippen LogP contribution is -2.08. The Balaban J connectivity index is 2.38. The van der Waals surface area contributed by atoms with E-state index >= 15 is 0 Å². The highest BCUT2D eigenvalue weighted by molar-refractivity contribution is 5.96. The molecule has 0 radical (unpaired) electrons. The molecular formula is C15H22O3. The predicted molar refractivity (Wildman–Crippen MR) is 72.1 cm³/mol. The van der Waals surface area contributed by atoms with Gasteiger partial charge in [0.25, 0.3) is 0 Å². The van der Waals surface area contributed by atoms with Gasteiger partial charge in [-0.3, -0.25) is 4.79 Å². The fourth-order valence-corrected chi connectivity index (χ4v) is 1.74. The van der Waals surface area contributed by atoms with Crippen molar-refractivity contribution in [1.82, 2.24) is 0 Å². The molecule has 0 aliphatic rings. The second-order valence-electron chi connectivity index (χ2n) is 4.23. The molecule has 18 heavy (non-hydrogen) atoms. The van der Waals surface area contributed by atoms with E-state index in [4.69, 9.17) is 9.47 Å². The molecule has 100 valence electrons. The fraction of sp³-hybridized carbons (Fsp3) is 0.533. The first-order chi connectivity index (χ1) is 8.77. The first kappa shape index (κ1) is 14.9. The van der Waals surface area contributed by atoms with Crippen LogP contribution in [-0.2, 0) is 15.9 Å². The van der Waals surface area contributed by atoms with Crippen LogP contribution in [-0.4, -0.2) is 32.7 Å². The molecule has 0 atom stereocenters. The van der Waals surface area contributed by atoms with E-state index in [9.17, 15) is 4.79 Å². The highest BCUT2D eigenvalue weighted by Crippen LogP contribution is 2.09. The Morgan fingerprint density at radius 3 is 2.78 bits per heavy atom. The zero-order valence-electron chi connectivity index (χ0n) is 11.3. The van der Waals surface area contributed by atoms with Gasteiger partial charge in [-0.15, -0.1) is 0 Å². The fourth-order valence-electron chi connectivity index (χ4n) is 1.74. The maximum absolute atomic E-state index is 11.9. The van der Waals surface area contributed by atoms with E-state index in [2.05, 4.69) is 13.0 Å². The van der Waals surface area contributed by atoms with Crippen LogP contribution in [0.2, 0.25) is 0 Å². The van der Waals surface area contributed by atoms with Crippen LogP contribution in [0.25, 0.3) is 0 Å². The Morgan fingerprint density at radius 1 is 1.22 bits per heavy atom. The third-order valence-electron chi connectivity index (χ3n) is 2.69. The Hall–Kier alpha value is -1.19. The lowest BCUT2D eigenvalue weighted by Gasteiger charge is -2.05. The van der Waals surface area contributed by atoms with Gasteiger partial charge in [0.05, 0.1) is 19.8 Å². The van der Waals surface area contributed by atoms with E-state index in [0.29, 0.717) is 26.2 Å². The van der Waals surface area contributed by atoms with Crippen LogP contribution >= 0.6 is 0 Å². The third-order valence-corrected chi connectivity index (χ3v) is 2.69. The summed E-state index contributed by atoms with van der Waals surface area (Å²) in [7, 11) is 1.63. The lowest BCUT2D eigenvalue weighted by molar-refractivity contribution is 0.0641. The Bertz CT molecular complexity index is 361. The second kappa shape index (κ2) is 8.84. The van der Waals surface area contributed by atoms with Crippen molar-refractivity contribution in [2.75, 3.05) is 26.9 Å². The van der Waals surface area contributed by atoms with Crippen LogP contribution in [0.15, 0.2) is 24.3 Å². The van der Waals surface area contributed by atoms with Gasteiger partial charge in [0, 0.05) is 19.1 Å². The summed E-state index contributed by atoms with van der Waals surface area (Å²) in [5, 5.41) is 0. The van der Waals surface area contributed by atoms with Gasteiger partial charge in [0.2, 0.25) is 0 Å². The summed E-state index contributed by atoms with van der Waals surface area (Å²) in [5.74, 6) is 0.144. The SMILES string of the molecule is CCCc1cccc(C(=O)CCOCCOC)c1. The van der Waals surface area contributed by atoms with Crippen LogP contribution in [0.5, 0.6) is 0 Å². The summed E-state index contributed by atoms with van der Waals surface area (Å²) in [6.45, 7) is 3.71. The van der Waals surface area contributed by atoms with E-state index in [0.717, 1.165) is 18.4 Å². The molecular weight excluding hydrogens is 228 g/mol. The van der Waals surface area contributed by atoms with Crippen LogP contribution in [0.4, 0.5) is 0 Å². The zero-order valence-corrected chi connectivity index (χ0v) is 11.3. The van der Waals surface area contributed by atoms with Crippen molar-refractivity contribution in [3.8, 4) is 0 Å². The molecule has 3 heteroatoms. The minimum atomic E-state index is 0.144. The zero-order chi connectivity index (χ0) is 13.2. The Kier molecular flexibility index (Phi) is 7.30. The van der Waals surface area contributed by atoms with E-state index in [-0.39, 0.29) is 5.78 Å². The minimum Gasteiger partial charge on any atom is -0.382 e. The largest absolute Gasteiger partial charge is 0.382 e. The number of methoxy groups -OCH3 is 1. The van der Waals surface area contributed by atoms with Gasteiger partial charge >= 0.3 is 0 Å². The minimum absolute atomic E-state index is 0.144. The average Bonchev–Trinajstić information content (AvgIpc) is 2.39. The monoisotopic (exact) mass is 250 g/mol. The number of benzene rings is 1. The number of hydrogen-bond donors (Lipinski definition) is 0. The molecule has 0 saturated carbocycles. The van der Waals surface area contributed by atoms with Gasteiger partial charge in [-0.2, -0.15) is 0 Å². The molecule has 1 aromatic carbocycles. The van der Waals surface area contributed by atoms with E-state index < -0.39 is 0 Å². The number of carbonyl (C=O) groups is 1. The summed E-state index contributed by atoms with van der Waals surface area (Å²) in [4.78, 5) is 11.9. The summed E-state index contributed by atoms with van der Waals surface area (Å²) in [5.41, 5.74) is 2.01. The van der Waals surface area contributed by atoms with Gasteiger partial charge in [-0.05, 0) is 18.1 Å². The van der Waals surface area contributed by atoms with Crippen molar-refractivity contribution < 1.29 is 14.3 Å². The van der Waals surface area contributed by atoms with Crippen molar-refractivity contribution in [2.45, 2.75) is 26.2 Å². The first-order valence-electron chi connectivity index (χ1n) is 6.46. The molecule has 3 nitrogen and oxygen atoms in total. The molecule has 1 rings (SSSR count). The number of hydrogen-bond acceptors (Lipinski definition) is 3. The summed E-state index contributed by atoms with van der Waals surface area (Å²) in [6.07, 6.45) is 2.54. The molecule has 0 aromatic heterocycles. The average molecular weight is 250 g/mol. The van der Waals surface area contributed by atoms with Crippen LogP contribution in [0.1, 0.15) is 35.7 Å². The highest BCUT2D eigenvalue weighted by Gasteiger charge is 2.06. The molecule has 1 aromatic rings. The summed E-state index contributed by atoms with van der Waals surface area (Å²) >= 11 is 0. The van der Waals surface area contributed by atoms with Crippen molar-refractivity contribution >= 4 is 5.78 Å². The smallest absolute Gasteiger partial charge is 0.165 e. The highest BCUT2D eigenvalue weighted by atomic mass is 16.5. The molecule has 0 spiro atoms. The van der Waals surface area contributed by atoms with Crippen molar-refractivity contribution in [3.63, 3.8) is 0 Å². The standard InChI is InChI=1S/C15H22O3/c1-3-5-13-6-4-7-14(12-13)15(16)8-9-18-11-10-17-2/h4,6-7,12H,3,5,8-11H2,1-2H3. The number of ether oxygens (including phenoxy) is 2. The predicted octanol–water partition coefficient (Wildman–Crippen LogP) is 2.87. The van der Waals surface area contributed by atoms with Crippen LogP contribution in [0.3, 0.4) is 0 Å². The van der Waals surface area contributed by atoms with Gasteiger partial charge in [0.1, 0.15) is 0 Å². The van der Waals surface area contributed by atoms with Gasteiger partial charge in [-0.1, -0.05) is 31.5 Å². The van der Waals surface area contributed by atoms with E-state index in [1.165, 1.54) is 5.56 Å². The molecule has 0 amide bonds.